The maximum absolute atomic E-state index is 6.14. The van der Waals surface area contributed by atoms with Crippen LogP contribution in [0.3, 0.4) is 0 Å². The van der Waals surface area contributed by atoms with Crippen LogP contribution in [0.1, 0.15) is 37.0 Å². The van der Waals surface area contributed by atoms with Gasteiger partial charge in [0.1, 0.15) is 10.9 Å². The average Bonchev–Trinajstić information content (AvgIpc) is 2.85. The van der Waals surface area contributed by atoms with Crippen molar-refractivity contribution in [3.8, 4) is 0 Å². The highest BCUT2D eigenvalue weighted by Gasteiger charge is 2.19. The molecule has 0 fully saturated rings. The van der Waals surface area contributed by atoms with Crippen molar-refractivity contribution in [3.05, 3.63) is 70.9 Å². The van der Waals surface area contributed by atoms with E-state index in [0.717, 1.165) is 38.7 Å². The van der Waals surface area contributed by atoms with Crippen molar-refractivity contribution in [1.29, 1.82) is 0 Å². The summed E-state index contributed by atoms with van der Waals surface area (Å²) in [5, 5.41) is 1.91. The third kappa shape index (κ3) is 3.82. The highest BCUT2D eigenvalue weighted by atomic mass is 35.5. The molecule has 3 nitrogen and oxygen atoms in total. The molecule has 0 aliphatic heterocycles. The molecule has 1 aromatic carbocycles. The summed E-state index contributed by atoms with van der Waals surface area (Å²) in [5.74, 6) is 1.37. The lowest BCUT2D eigenvalue weighted by Gasteiger charge is -2.12. The quantitative estimate of drug-likeness (QED) is 0.598. The van der Waals surface area contributed by atoms with Gasteiger partial charge in [-0.25, -0.2) is 4.98 Å². The average molecular weight is 358 g/mol. The maximum Gasteiger partial charge on any atom is 0.107 e. The summed E-state index contributed by atoms with van der Waals surface area (Å²) in [6.45, 7) is 7.12. The molecular formula is C19H20ClN3S. The predicted molar refractivity (Wildman–Crippen MR) is 100.0 cm³/mol. The minimum Gasteiger partial charge on any atom is -0.317 e. The van der Waals surface area contributed by atoms with Gasteiger partial charge in [-0.2, -0.15) is 0 Å². The van der Waals surface area contributed by atoms with Gasteiger partial charge in [-0.1, -0.05) is 49.3 Å². The van der Waals surface area contributed by atoms with E-state index in [1.54, 1.807) is 11.8 Å². The Morgan fingerprint density at radius 2 is 2.00 bits per heavy atom. The minimum absolute atomic E-state index is 0.357. The second-order valence-corrected chi connectivity index (χ2v) is 7.47. The molecule has 3 rings (SSSR count). The number of hydrogen-bond donors (Lipinski definition) is 0. The Hall–Kier alpha value is -1.78. The van der Waals surface area contributed by atoms with E-state index < -0.39 is 0 Å². The molecule has 0 spiro atoms. The van der Waals surface area contributed by atoms with Gasteiger partial charge >= 0.3 is 0 Å². The molecule has 24 heavy (non-hydrogen) atoms. The third-order valence-corrected chi connectivity index (χ3v) is 5.09. The Kier molecular flexibility index (Phi) is 5.27. The van der Waals surface area contributed by atoms with Crippen LogP contribution in [-0.4, -0.2) is 14.5 Å². The van der Waals surface area contributed by atoms with Gasteiger partial charge in [0.15, 0.2) is 0 Å². The number of aromatic nitrogens is 3. The van der Waals surface area contributed by atoms with Gasteiger partial charge in [-0.05, 0) is 43.2 Å². The molecule has 0 N–H and O–H groups in total. The molecule has 0 unspecified atom stereocenters. The summed E-state index contributed by atoms with van der Waals surface area (Å²) >= 11 is 7.85. The Labute approximate surface area is 152 Å². The van der Waals surface area contributed by atoms with E-state index in [-0.39, 0.29) is 0 Å². The molecule has 0 saturated heterocycles. The molecule has 0 aliphatic carbocycles. The summed E-state index contributed by atoms with van der Waals surface area (Å²) in [6.07, 6.45) is 1.83. The zero-order chi connectivity index (χ0) is 17.1. The number of rotatable bonds is 5. The Morgan fingerprint density at radius 3 is 2.67 bits per heavy atom. The molecule has 5 heteroatoms. The maximum atomic E-state index is 6.14. The Morgan fingerprint density at radius 1 is 1.17 bits per heavy atom. The first-order valence-corrected chi connectivity index (χ1v) is 9.14. The first-order valence-electron chi connectivity index (χ1n) is 7.95. The van der Waals surface area contributed by atoms with Gasteiger partial charge in [-0.3, -0.25) is 4.98 Å². The number of aryl methyl sites for hydroxylation is 1. The Balaban J connectivity index is 2.01. The molecule has 2 heterocycles. The van der Waals surface area contributed by atoms with E-state index in [4.69, 9.17) is 16.6 Å². The molecule has 0 radical (unpaired) electrons. The Bertz CT molecular complexity index is 828. The largest absolute Gasteiger partial charge is 0.317 e. The number of halogens is 1. The van der Waals surface area contributed by atoms with Gasteiger partial charge in [0.2, 0.25) is 0 Å². The summed E-state index contributed by atoms with van der Waals surface area (Å²) < 4.78 is 2.24. The molecule has 0 amide bonds. The van der Waals surface area contributed by atoms with Crippen molar-refractivity contribution in [3.63, 3.8) is 0 Å². The molecule has 0 aliphatic rings. The van der Waals surface area contributed by atoms with Crippen LogP contribution in [0, 0.1) is 6.92 Å². The second-order valence-electron chi connectivity index (χ2n) is 5.97. The lowest BCUT2D eigenvalue weighted by Crippen LogP contribution is -2.05. The van der Waals surface area contributed by atoms with Crippen LogP contribution in [0.2, 0.25) is 5.02 Å². The monoisotopic (exact) mass is 357 g/mol. The minimum atomic E-state index is 0.357. The van der Waals surface area contributed by atoms with Gasteiger partial charge in [0.25, 0.3) is 0 Å². The highest BCUT2D eigenvalue weighted by Crippen LogP contribution is 2.35. The molecule has 124 valence electrons. The summed E-state index contributed by atoms with van der Waals surface area (Å²) in [4.78, 5) is 10.4. The highest BCUT2D eigenvalue weighted by molar-refractivity contribution is 7.99. The summed E-state index contributed by atoms with van der Waals surface area (Å²) in [7, 11) is 0. The molecular weight excluding hydrogens is 338 g/mol. The standard InChI is InChI=1S/C19H20ClN3S/c1-13(2)18-19(24-17-9-6-7-15(20)11-17)23(14(3)22-18)12-16-8-4-5-10-21-16/h4-11,13H,12H2,1-3H3. The van der Waals surface area contributed by atoms with Crippen molar-refractivity contribution >= 4 is 23.4 Å². The van der Waals surface area contributed by atoms with Crippen LogP contribution in [-0.2, 0) is 6.54 Å². The number of imidazole rings is 1. The van der Waals surface area contributed by atoms with Gasteiger partial charge in [0.05, 0.1) is 17.9 Å². The van der Waals surface area contributed by atoms with Crippen LogP contribution < -0.4 is 0 Å². The fourth-order valence-electron chi connectivity index (χ4n) is 2.53. The lowest BCUT2D eigenvalue weighted by atomic mass is 10.1. The first-order chi connectivity index (χ1) is 11.5. The number of nitrogens with zero attached hydrogens (tertiary/aromatic N) is 3. The van der Waals surface area contributed by atoms with Gasteiger partial charge in [0, 0.05) is 16.1 Å². The molecule has 0 bridgehead atoms. The van der Waals surface area contributed by atoms with Crippen LogP contribution in [0.15, 0.2) is 58.6 Å². The van der Waals surface area contributed by atoms with Crippen molar-refractivity contribution in [2.45, 2.75) is 43.2 Å². The van der Waals surface area contributed by atoms with Crippen LogP contribution in [0.5, 0.6) is 0 Å². The van der Waals surface area contributed by atoms with E-state index in [9.17, 15) is 0 Å². The summed E-state index contributed by atoms with van der Waals surface area (Å²) in [6, 6.07) is 13.9. The SMILES string of the molecule is Cc1nc(C(C)C)c(Sc2cccc(Cl)c2)n1Cc1ccccn1. The molecule has 3 aromatic rings. The topological polar surface area (TPSA) is 30.7 Å². The van der Waals surface area contributed by atoms with Crippen molar-refractivity contribution < 1.29 is 0 Å². The van der Waals surface area contributed by atoms with E-state index in [1.807, 2.05) is 42.6 Å². The van der Waals surface area contributed by atoms with E-state index in [1.165, 1.54) is 0 Å². The first kappa shape index (κ1) is 17.1. The van der Waals surface area contributed by atoms with E-state index in [0.29, 0.717) is 5.92 Å². The normalized spacial score (nSPS) is 11.2. The second kappa shape index (κ2) is 7.41. The smallest absolute Gasteiger partial charge is 0.107 e. The lowest BCUT2D eigenvalue weighted by molar-refractivity contribution is 0.676. The van der Waals surface area contributed by atoms with E-state index >= 15 is 0 Å². The van der Waals surface area contributed by atoms with Gasteiger partial charge < -0.3 is 4.57 Å². The zero-order valence-corrected chi connectivity index (χ0v) is 15.6. The van der Waals surface area contributed by atoms with Crippen LogP contribution >= 0.6 is 23.4 Å². The number of benzene rings is 1. The van der Waals surface area contributed by atoms with Crippen molar-refractivity contribution in [1.82, 2.24) is 14.5 Å². The van der Waals surface area contributed by atoms with Crippen LogP contribution in [0.25, 0.3) is 0 Å². The third-order valence-electron chi connectivity index (χ3n) is 3.74. The van der Waals surface area contributed by atoms with E-state index in [2.05, 4.69) is 36.4 Å². The number of pyridine rings is 1. The molecule has 0 saturated carbocycles. The van der Waals surface area contributed by atoms with Crippen LogP contribution in [0.4, 0.5) is 0 Å². The summed E-state index contributed by atoms with van der Waals surface area (Å²) in [5.41, 5.74) is 2.15. The van der Waals surface area contributed by atoms with Gasteiger partial charge in [-0.15, -0.1) is 0 Å². The molecule has 2 aromatic heterocycles. The predicted octanol–water partition coefficient (Wildman–Crippen LogP) is 5.56. The molecule has 0 atom stereocenters. The fraction of sp³-hybridized carbons (Fsp3) is 0.263. The zero-order valence-electron chi connectivity index (χ0n) is 14.0. The van der Waals surface area contributed by atoms with Crippen molar-refractivity contribution in [2.75, 3.05) is 0 Å². The number of hydrogen-bond acceptors (Lipinski definition) is 3. The fourth-order valence-corrected chi connectivity index (χ4v) is 4.04. The van der Waals surface area contributed by atoms with Crippen molar-refractivity contribution in [2.24, 2.45) is 0 Å².